The molecule has 2 heterocycles. The van der Waals surface area contributed by atoms with Gasteiger partial charge in [-0.25, -0.2) is 14.8 Å². The van der Waals surface area contributed by atoms with E-state index in [1.54, 1.807) is 11.8 Å². The number of aliphatic carboxylic acids is 1. The van der Waals surface area contributed by atoms with E-state index in [0.717, 1.165) is 0 Å². The minimum atomic E-state index is -0.811. The maximum Gasteiger partial charge on any atom is 0.341 e. The molecule has 1 aromatic rings. The number of ether oxygens (including phenoxy) is 1. The molecule has 1 saturated heterocycles. The highest BCUT2D eigenvalue weighted by molar-refractivity contribution is 5.88. The lowest BCUT2D eigenvalue weighted by Gasteiger charge is -2.36. The molecule has 1 N–H and O–H groups in total. The number of carbonyl (C=O) groups excluding carboxylic acids is 1. The van der Waals surface area contributed by atoms with Crippen LogP contribution in [0.25, 0.3) is 0 Å². The van der Waals surface area contributed by atoms with E-state index in [0.29, 0.717) is 25.6 Å². The highest BCUT2D eigenvalue weighted by atomic mass is 16.5. The van der Waals surface area contributed by atoms with Crippen molar-refractivity contribution in [2.24, 2.45) is 5.92 Å². The van der Waals surface area contributed by atoms with Crippen LogP contribution in [0.2, 0.25) is 0 Å². The first-order valence-corrected chi connectivity index (χ1v) is 5.58. The molecular formula is C11H13N3O4. The largest absolute Gasteiger partial charge is 0.481 e. The van der Waals surface area contributed by atoms with Crippen LogP contribution in [0, 0.1) is 5.92 Å². The number of carboxylic acid groups (broad SMARTS) is 1. The summed E-state index contributed by atoms with van der Waals surface area (Å²) in [5, 5.41) is 8.75. The average Bonchev–Trinajstić information content (AvgIpc) is 2.27. The van der Waals surface area contributed by atoms with Crippen LogP contribution < -0.4 is 4.90 Å². The van der Waals surface area contributed by atoms with Crippen molar-refractivity contribution in [3.8, 4) is 0 Å². The first kappa shape index (κ1) is 12.3. The molecule has 0 unspecified atom stereocenters. The van der Waals surface area contributed by atoms with Crippen molar-refractivity contribution >= 4 is 17.9 Å². The predicted molar refractivity (Wildman–Crippen MR) is 61.3 cm³/mol. The van der Waals surface area contributed by atoms with Gasteiger partial charge in [0.1, 0.15) is 0 Å². The topological polar surface area (TPSA) is 92.6 Å². The molecule has 7 heteroatoms. The van der Waals surface area contributed by atoms with Gasteiger partial charge in [-0.3, -0.25) is 4.79 Å². The molecule has 1 aliphatic rings. The summed E-state index contributed by atoms with van der Waals surface area (Å²) >= 11 is 0. The molecule has 1 aromatic heterocycles. The predicted octanol–water partition coefficient (Wildman–Crippen LogP) is 0.174. The highest BCUT2D eigenvalue weighted by Crippen LogP contribution is 2.20. The molecule has 0 amide bonds. The summed E-state index contributed by atoms with van der Waals surface area (Å²) in [5.74, 6) is -1.20. The Morgan fingerprint density at radius 3 is 2.56 bits per heavy atom. The lowest BCUT2D eigenvalue weighted by atomic mass is 10.0. The molecule has 0 atom stereocenters. The third-order valence-corrected chi connectivity index (χ3v) is 2.66. The van der Waals surface area contributed by atoms with Crippen LogP contribution in [-0.2, 0) is 9.53 Å². The van der Waals surface area contributed by atoms with E-state index < -0.39 is 11.9 Å². The standard InChI is InChI=1S/C11H13N3O4/c1-2-18-10(17)7-3-12-11(13-4-7)14-5-8(6-14)9(15)16/h3-4,8H,2,5-6H2,1H3,(H,15,16). The van der Waals surface area contributed by atoms with Crippen LogP contribution in [-0.4, -0.2) is 46.7 Å². The second-order valence-electron chi connectivity index (χ2n) is 3.93. The van der Waals surface area contributed by atoms with Gasteiger partial charge in [-0.05, 0) is 6.92 Å². The normalized spacial score (nSPS) is 15.1. The molecule has 0 saturated carbocycles. The van der Waals surface area contributed by atoms with Gasteiger partial charge < -0.3 is 14.7 Å². The van der Waals surface area contributed by atoms with E-state index in [1.165, 1.54) is 12.4 Å². The smallest absolute Gasteiger partial charge is 0.341 e. The summed E-state index contributed by atoms with van der Waals surface area (Å²) in [6, 6.07) is 0. The van der Waals surface area contributed by atoms with E-state index in [1.807, 2.05) is 0 Å². The number of rotatable bonds is 4. The molecule has 2 rings (SSSR count). The van der Waals surface area contributed by atoms with E-state index >= 15 is 0 Å². The van der Waals surface area contributed by atoms with Crippen molar-refractivity contribution in [1.29, 1.82) is 0 Å². The number of aromatic nitrogens is 2. The third-order valence-electron chi connectivity index (χ3n) is 2.66. The van der Waals surface area contributed by atoms with Gasteiger partial charge in [-0.15, -0.1) is 0 Å². The Hall–Kier alpha value is -2.18. The Balaban J connectivity index is 1.97. The zero-order chi connectivity index (χ0) is 13.1. The Morgan fingerprint density at radius 2 is 2.06 bits per heavy atom. The molecule has 1 fully saturated rings. The van der Waals surface area contributed by atoms with Gasteiger partial charge in [0.15, 0.2) is 0 Å². The van der Waals surface area contributed by atoms with Gasteiger partial charge in [-0.1, -0.05) is 0 Å². The zero-order valence-electron chi connectivity index (χ0n) is 9.87. The number of carboxylic acids is 1. The van der Waals surface area contributed by atoms with Gasteiger partial charge in [0.05, 0.1) is 18.1 Å². The van der Waals surface area contributed by atoms with Crippen molar-refractivity contribution in [1.82, 2.24) is 9.97 Å². The molecule has 7 nitrogen and oxygen atoms in total. The molecule has 96 valence electrons. The third kappa shape index (κ3) is 2.39. The average molecular weight is 251 g/mol. The number of nitrogens with zero attached hydrogens (tertiary/aromatic N) is 3. The van der Waals surface area contributed by atoms with E-state index in [9.17, 15) is 9.59 Å². The number of anilines is 1. The SMILES string of the molecule is CCOC(=O)c1cnc(N2CC(C(=O)O)C2)nc1. The van der Waals surface area contributed by atoms with Gasteiger partial charge in [0.25, 0.3) is 0 Å². The summed E-state index contributed by atoms with van der Waals surface area (Å²) in [6.07, 6.45) is 2.77. The molecule has 0 bridgehead atoms. The lowest BCUT2D eigenvalue weighted by molar-refractivity contribution is -0.142. The summed E-state index contributed by atoms with van der Waals surface area (Å²) in [4.78, 5) is 31.8. The number of esters is 1. The molecule has 0 aliphatic carbocycles. The summed E-state index contributed by atoms with van der Waals surface area (Å²) < 4.78 is 4.81. The van der Waals surface area contributed by atoms with Crippen LogP contribution in [0.1, 0.15) is 17.3 Å². The minimum Gasteiger partial charge on any atom is -0.481 e. The van der Waals surface area contributed by atoms with Gasteiger partial charge >= 0.3 is 11.9 Å². The zero-order valence-corrected chi connectivity index (χ0v) is 9.87. The fraction of sp³-hybridized carbons (Fsp3) is 0.455. The van der Waals surface area contributed by atoms with E-state index in [4.69, 9.17) is 9.84 Å². The maximum atomic E-state index is 11.4. The van der Waals surface area contributed by atoms with E-state index in [2.05, 4.69) is 9.97 Å². The quantitative estimate of drug-likeness (QED) is 0.762. The van der Waals surface area contributed by atoms with Crippen molar-refractivity contribution in [3.05, 3.63) is 18.0 Å². The second-order valence-corrected chi connectivity index (χ2v) is 3.93. The van der Waals surface area contributed by atoms with E-state index in [-0.39, 0.29) is 11.5 Å². The van der Waals surface area contributed by atoms with Gasteiger partial charge in [0, 0.05) is 25.5 Å². The summed E-state index contributed by atoms with van der Waals surface area (Å²) in [7, 11) is 0. The second kappa shape index (κ2) is 4.99. The Morgan fingerprint density at radius 1 is 1.44 bits per heavy atom. The summed E-state index contributed by atoms with van der Waals surface area (Å²) in [5.41, 5.74) is 0.288. The maximum absolute atomic E-state index is 11.4. The molecular weight excluding hydrogens is 238 g/mol. The van der Waals surface area contributed by atoms with Gasteiger partial charge in [-0.2, -0.15) is 0 Å². The molecule has 1 aliphatic heterocycles. The minimum absolute atomic E-state index is 0.288. The number of carbonyl (C=O) groups is 2. The fourth-order valence-corrected chi connectivity index (χ4v) is 1.60. The molecule has 0 spiro atoms. The van der Waals surface area contributed by atoms with Crippen LogP contribution in [0.3, 0.4) is 0 Å². The Bertz CT molecular complexity index is 454. The fourth-order valence-electron chi connectivity index (χ4n) is 1.60. The van der Waals surface area contributed by atoms with Crippen molar-refractivity contribution in [2.75, 3.05) is 24.6 Å². The number of hydrogen-bond donors (Lipinski definition) is 1. The monoisotopic (exact) mass is 251 g/mol. The molecule has 0 aromatic carbocycles. The summed E-state index contributed by atoms with van der Waals surface area (Å²) in [6.45, 7) is 2.81. The number of hydrogen-bond acceptors (Lipinski definition) is 6. The van der Waals surface area contributed by atoms with Crippen LogP contribution >= 0.6 is 0 Å². The molecule has 18 heavy (non-hydrogen) atoms. The first-order chi connectivity index (χ1) is 8.61. The van der Waals surface area contributed by atoms with Crippen molar-refractivity contribution < 1.29 is 19.4 Å². The van der Waals surface area contributed by atoms with Crippen LogP contribution in [0.15, 0.2) is 12.4 Å². The highest BCUT2D eigenvalue weighted by Gasteiger charge is 2.34. The van der Waals surface area contributed by atoms with Crippen LogP contribution in [0.5, 0.6) is 0 Å². The first-order valence-electron chi connectivity index (χ1n) is 5.58. The molecule has 0 radical (unpaired) electrons. The van der Waals surface area contributed by atoms with Crippen LogP contribution in [0.4, 0.5) is 5.95 Å². The Labute approximate surface area is 103 Å². The van der Waals surface area contributed by atoms with Crippen molar-refractivity contribution in [2.45, 2.75) is 6.92 Å². The van der Waals surface area contributed by atoms with Gasteiger partial charge in [0.2, 0.25) is 5.95 Å². The lowest BCUT2D eigenvalue weighted by Crippen LogP contribution is -2.51. The Kier molecular flexibility index (Phi) is 3.40. The van der Waals surface area contributed by atoms with Crippen molar-refractivity contribution in [3.63, 3.8) is 0 Å².